The summed E-state index contributed by atoms with van der Waals surface area (Å²) in [5, 5.41) is 0. The van der Waals surface area contributed by atoms with Crippen molar-refractivity contribution in [1.29, 1.82) is 0 Å². The van der Waals surface area contributed by atoms with Gasteiger partial charge in [0.25, 0.3) is 0 Å². The molecule has 4 rings (SSSR count). The molecule has 1 unspecified atom stereocenters. The fraction of sp³-hybridized carbons (Fsp3) is 0.130. The second kappa shape index (κ2) is 7.24. The van der Waals surface area contributed by atoms with Crippen LogP contribution in [0.1, 0.15) is 47.8 Å². The first-order chi connectivity index (χ1) is 13.6. The van der Waals surface area contributed by atoms with Crippen LogP contribution in [-0.2, 0) is 0 Å². The Balaban J connectivity index is 1.94. The Bertz CT molecular complexity index is 1090. The van der Waals surface area contributed by atoms with Crippen LogP contribution in [0.25, 0.3) is 0 Å². The first kappa shape index (κ1) is 18.4. The molecule has 28 heavy (non-hydrogen) atoms. The molecule has 0 saturated heterocycles. The summed E-state index contributed by atoms with van der Waals surface area (Å²) < 4.78 is 11.0. The van der Waals surface area contributed by atoms with Gasteiger partial charge in [0, 0.05) is 16.7 Å². The van der Waals surface area contributed by atoms with Crippen molar-refractivity contribution in [1.82, 2.24) is 0 Å². The third-order valence-electron chi connectivity index (χ3n) is 4.95. The van der Waals surface area contributed by atoms with Gasteiger partial charge in [0.2, 0.25) is 5.78 Å². The summed E-state index contributed by atoms with van der Waals surface area (Å²) in [5.74, 6) is 0.304. The fourth-order valence-corrected chi connectivity index (χ4v) is 4.29. The standard InChI is InChI=1S/C23H17BrO4/c1-27-17-10-6-9-14-18(17)22(26)19-15(21(14)25)11-12-16(23(19)28-2)20(24)13-7-4-3-5-8-13/h3-12,20H,1-2H3. The van der Waals surface area contributed by atoms with Crippen LogP contribution in [0.4, 0.5) is 0 Å². The zero-order chi connectivity index (χ0) is 19.8. The number of benzene rings is 3. The highest BCUT2D eigenvalue weighted by Gasteiger charge is 2.36. The van der Waals surface area contributed by atoms with Crippen LogP contribution >= 0.6 is 15.9 Å². The molecule has 1 atom stereocenters. The van der Waals surface area contributed by atoms with Gasteiger partial charge in [-0.3, -0.25) is 9.59 Å². The van der Waals surface area contributed by atoms with Crippen molar-refractivity contribution < 1.29 is 19.1 Å². The molecule has 1 aliphatic rings. The minimum Gasteiger partial charge on any atom is -0.496 e. The number of methoxy groups -OCH3 is 2. The SMILES string of the molecule is COc1cccc2c1C(=O)c1c(ccc(C(Br)c3ccccc3)c1OC)C2=O. The number of ketones is 2. The Kier molecular flexibility index (Phi) is 4.77. The van der Waals surface area contributed by atoms with Crippen LogP contribution in [0.5, 0.6) is 11.5 Å². The average Bonchev–Trinajstić information content (AvgIpc) is 2.75. The van der Waals surface area contributed by atoms with Crippen molar-refractivity contribution in [3.8, 4) is 11.5 Å². The van der Waals surface area contributed by atoms with Gasteiger partial charge in [0.1, 0.15) is 11.5 Å². The highest BCUT2D eigenvalue weighted by molar-refractivity contribution is 9.09. The summed E-state index contributed by atoms with van der Waals surface area (Å²) >= 11 is 3.71. The van der Waals surface area contributed by atoms with Crippen molar-refractivity contribution >= 4 is 27.5 Å². The Labute approximate surface area is 171 Å². The molecule has 1 aliphatic carbocycles. The number of alkyl halides is 1. The molecule has 0 heterocycles. The summed E-state index contributed by atoms with van der Waals surface area (Å²) in [5.41, 5.74) is 3.07. The molecular formula is C23H17BrO4. The van der Waals surface area contributed by atoms with E-state index in [-0.39, 0.29) is 27.5 Å². The van der Waals surface area contributed by atoms with Crippen molar-refractivity contribution in [3.05, 3.63) is 94.0 Å². The molecule has 0 aliphatic heterocycles. The summed E-state index contributed by atoms with van der Waals surface area (Å²) in [6, 6.07) is 18.4. The number of hydrogen-bond acceptors (Lipinski definition) is 4. The van der Waals surface area contributed by atoms with Gasteiger partial charge in [-0.1, -0.05) is 64.5 Å². The third kappa shape index (κ3) is 2.74. The van der Waals surface area contributed by atoms with E-state index in [2.05, 4.69) is 15.9 Å². The summed E-state index contributed by atoms with van der Waals surface area (Å²) in [6.45, 7) is 0. The number of hydrogen-bond donors (Lipinski definition) is 0. The lowest BCUT2D eigenvalue weighted by atomic mass is 9.81. The first-order valence-corrected chi connectivity index (χ1v) is 9.66. The van der Waals surface area contributed by atoms with Gasteiger partial charge < -0.3 is 9.47 Å². The predicted molar refractivity (Wildman–Crippen MR) is 110 cm³/mol. The van der Waals surface area contributed by atoms with Gasteiger partial charge in [-0.15, -0.1) is 0 Å². The van der Waals surface area contributed by atoms with Gasteiger partial charge >= 0.3 is 0 Å². The lowest BCUT2D eigenvalue weighted by Gasteiger charge is -2.24. The quantitative estimate of drug-likeness (QED) is 0.424. The van der Waals surface area contributed by atoms with Crippen molar-refractivity contribution in [2.24, 2.45) is 0 Å². The highest BCUT2D eigenvalue weighted by atomic mass is 79.9. The molecule has 0 fully saturated rings. The van der Waals surface area contributed by atoms with Gasteiger partial charge in [-0.2, -0.15) is 0 Å². The van der Waals surface area contributed by atoms with Crippen LogP contribution < -0.4 is 9.47 Å². The van der Waals surface area contributed by atoms with Gasteiger partial charge in [0.15, 0.2) is 5.78 Å². The predicted octanol–water partition coefficient (Wildman–Crippen LogP) is 4.96. The second-order valence-corrected chi connectivity index (χ2v) is 7.34. The van der Waals surface area contributed by atoms with Crippen LogP contribution in [0.3, 0.4) is 0 Å². The molecule has 5 heteroatoms. The van der Waals surface area contributed by atoms with E-state index in [0.717, 1.165) is 11.1 Å². The zero-order valence-corrected chi connectivity index (χ0v) is 16.9. The Morgan fingerprint density at radius 1 is 0.750 bits per heavy atom. The average molecular weight is 437 g/mol. The molecule has 0 N–H and O–H groups in total. The van der Waals surface area contributed by atoms with E-state index >= 15 is 0 Å². The Morgan fingerprint density at radius 2 is 1.46 bits per heavy atom. The molecule has 0 aromatic heterocycles. The van der Waals surface area contributed by atoms with E-state index in [9.17, 15) is 9.59 Å². The van der Waals surface area contributed by atoms with Crippen LogP contribution in [0.2, 0.25) is 0 Å². The summed E-state index contributed by atoms with van der Waals surface area (Å²) in [7, 11) is 3.00. The summed E-state index contributed by atoms with van der Waals surface area (Å²) in [4.78, 5) is 26.3. The molecule has 0 saturated carbocycles. The first-order valence-electron chi connectivity index (χ1n) is 8.74. The Hall–Kier alpha value is -2.92. The van der Waals surface area contributed by atoms with E-state index in [1.807, 2.05) is 36.4 Å². The molecular weight excluding hydrogens is 420 g/mol. The molecule has 0 amide bonds. The molecule has 140 valence electrons. The normalized spacial score (nSPS) is 13.5. The zero-order valence-electron chi connectivity index (χ0n) is 15.4. The molecule has 3 aromatic carbocycles. The largest absolute Gasteiger partial charge is 0.496 e. The van der Waals surface area contributed by atoms with E-state index in [1.165, 1.54) is 14.2 Å². The smallest absolute Gasteiger partial charge is 0.201 e. The molecule has 4 nitrogen and oxygen atoms in total. The summed E-state index contributed by atoms with van der Waals surface area (Å²) in [6.07, 6.45) is 0. The Morgan fingerprint density at radius 3 is 2.14 bits per heavy atom. The lowest BCUT2D eigenvalue weighted by Crippen LogP contribution is -2.23. The van der Waals surface area contributed by atoms with Crippen LogP contribution in [-0.4, -0.2) is 25.8 Å². The molecule has 0 bridgehead atoms. The number of ether oxygens (including phenoxy) is 2. The molecule has 3 aromatic rings. The maximum Gasteiger partial charge on any atom is 0.201 e. The van der Waals surface area contributed by atoms with Crippen molar-refractivity contribution in [2.75, 3.05) is 14.2 Å². The fourth-order valence-electron chi connectivity index (χ4n) is 3.63. The minimum atomic E-state index is -0.270. The second-order valence-electron chi connectivity index (χ2n) is 6.42. The van der Waals surface area contributed by atoms with Gasteiger partial charge in [-0.25, -0.2) is 0 Å². The number of carbonyl (C=O) groups excluding carboxylic acids is 2. The highest BCUT2D eigenvalue weighted by Crippen LogP contribution is 2.43. The maximum atomic E-state index is 13.4. The maximum absolute atomic E-state index is 13.4. The van der Waals surface area contributed by atoms with Crippen molar-refractivity contribution in [3.63, 3.8) is 0 Å². The van der Waals surface area contributed by atoms with E-state index < -0.39 is 0 Å². The molecule has 0 spiro atoms. The third-order valence-corrected chi connectivity index (χ3v) is 5.97. The van der Waals surface area contributed by atoms with E-state index in [1.54, 1.807) is 24.3 Å². The number of fused-ring (bicyclic) bond motifs is 2. The van der Waals surface area contributed by atoms with Gasteiger partial charge in [0.05, 0.1) is 30.2 Å². The lowest BCUT2D eigenvalue weighted by molar-refractivity contribution is 0.0974. The van der Waals surface area contributed by atoms with E-state index in [0.29, 0.717) is 22.6 Å². The van der Waals surface area contributed by atoms with E-state index in [4.69, 9.17) is 9.47 Å². The topological polar surface area (TPSA) is 52.6 Å². The number of rotatable bonds is 4. The molecule has 0 radical (unpaired) electrons. The van der Waals surface area contributed by atoms with Crippen LogP contribution in [0.15, 0.2) is 60.7 Å². The van der Waals surface area contributed by atoms with Crippen LogP contribution in [0, 0.1) is 0 Å². The number of carbonyl (C=O) groups is 2. The monoisotopic (exact) mass is 436 g/mol. The number of halogens is 1. The van der Waals surface area contributed by atoms with Crippen molar-refractivity contribution in [2.45, 2.75) is 4.83 Å². The minimum absolute atomic E-state index is 0.184. The van der Waals surface area contributed by atoms with Gasteiger partial charge in [-0.05, 0) is 17.7 Å².